The summed E-state index contributed by atoms with van der Waals surface area (Å²) >= 11 is 8.56. The van der Waals surface area contributed by atoms with Crippen LogP contribution >= 0.6 is 23.4 Å². The third kappa shape index (κ3) is 3.20. The molecule has 7 atom stereocenters. The Kier molecular flexibility index (Phi) is 5.19. The maximum Gasteiger partial charge on any atom is 0.326 e. The first-order valence-corrected chi connectivity index (χ1v) is 13.0. The van der Waals surface area contributed by atoms with Crippen molar-refractivity contribution in [2.45, 2.75) is 53.2 Å². The molecule has 0 unspecified atom stereocenters. The lowest BCUT2D eigenvalue weighted by atomic mass is 9.71. The van der Waals surface area contributed by atoms with Gasteiger partial charge in [0.05, 0.1) is 15.2 Å². The van der Waals surface area contributed by atoms with E-state index in [0.29, 0.717) is 23.2 Å². The number of halogens is 1. The summed E-state index contributed by atoms with van der Waals surface area (Å²) in [7, 11) is 0. The van der Waals surface area contributed by atoms with Crippen molar-refractivity contribution in [3.63, 3.8) is 0 Å². The second kappa shape index (κ2) is 8.02. The molecule has 6 nitrogen and oxygen atoms in total. The molecule has 1 saturated carbocycles. The van der Waals surface area contributed by atoms with E-state index in [2.05, 4.69) is 36.1 Å². The number of hydrogen-bond donors (Lipinski definition) is 1. The Labute approximate surface area is 207 Å². The summed E-state index contributed by atoms with van der Waals surface area (Å²) in [5.74, 6) is -0.339. The van der Waals surface area contributed by atoms with Gasteiger partial charge in [0.15, 0.2) is 0 Å². The molecule has 176 valence electrons. The molecule has 0 saturated heterocycles. The molecule has 1 fully saturated rings. The van der Waals surface area contributed by atoms with Crippen LogP contribution in [0.2, 0.25) is 0 Å². The Morgan fingerprint density at radius 2 is 2.03 bits per heavy atom. The Morgan fingerprint density at radius 3 is 2.79 bits per heavy atom. The first-order chi connectivity index (χ1) is 16.3. The number of allylic oxidation sites excluding steroid dienone is 2. The van der Waals surface area contributed by atoms with Crippen LogP contribution < -0.4 is 4.90 Å². The first kappa shape index (κ1) is 22.0. The highest BCUT2D eigenvalue weighted by Gasteiger charge is 2.56. The number of carboxylic acid groups (broad SMARTS) is 1. The van der Waals surface area contributed by atoms with Crippen molar-refractivity contribution in [3.8, 4) is 0 Å². The van der Waals surface area contributed by atoms with Crippen LogP contribution in [-0.4, -0.2) is 39.2 Å². The fourth-order valence-corrected chi connectivity index (χ4v) is 8.74. The number of nitrogens with zero attached hydrogens (tertiary/aromatic N) is 2. The smallest absolute Gasteiger partial charge is 0.326 e. The van der Waals surface area contributed by atoms with Crippen LogP contribution in [-0.2, 0) is 4.79 Å². The Morgan fingerprint density at radius 1 is 1.26 bits per heavy atom. The summed E-state index contributed by atoms with van der Waals surface area (Å²) < 4.78 is 0. The van der Waals surface area contributed by atoms with E-state index in [4.69, 9.17) is 11.6 Å². The third-order valence-electron chi connectivity index (χ3n) is 8.04. The van der Waals surface area contributed by atoms with E-state index in [-0.39, 0.29) is 33.1 Å². The van der Waals surface area contributed by atoms with Crippen LogP contribution in [0.1, 0.15) is 41.4 Å². The molecule has 2 heterocycles. The van der Waals surface area contributed by atoms with Crippen LogP contribution in [0, 0.1) is 28.9 Å². The molecule has 0 radical (unpaired) electrons. The molecule has 1 N–H and O–H groups in total. The molecule has 2 aromatic carbocycles. The van der Waals surface area contributed by atoms with E-state index in [0.717, 1.165) is 24.2 Å². The number of benzene rings is 2. The topological polar surface area (TPSA) is 83.7 Å². The standard InChI is InChI=1S/C26H25ClN2O4S/c1-13-9-16-15-6-4-5-14(15)12-28-24(16)17(10-13)22-18(25(28)26(30)31)11-21(23(22)27)34-20-8-3-2-7-19(20)29(32)33/h2-4,6-10,14-15,18,21-23,25H,5,11-12H2,1H3,(H,30,31)/t14-,15+,18-,21+,22+,23+,25-/m1/s1. The molecule has 34 heavy (non-hydrogen) atoms. The number of hydrogen-bond acceptors (Lipinski definition) is 5. The summed E-state index contributed by atoms with van der Waals surface area (Å²) in [6, 6.07) is 10.5. The van der Waals surface area contributed by atoms with Crippen molar-refractivity contribution < 1.29 is 14.8 Å². The number of anilines is 1. The summed E-state index contributed by atoms with van der Waals surface area (Å²) in [5, 5.41) is 21.5. The van der Waals surface area contributed by atoms with Gasteiger partial charge in [-0.05, 0) is 48.8 Å². The van der Waals surface area contributed by atoms with Crippen molar-refractivity contribution in [1.29, 1.82) is 0 Å². The second-order valence-electron chi connectivity index (χ2n) is 9.93. The minimum absolute atomic E-state index is 0.0682. The highest BCUT2D eigenvalue weighted by atomic mass is 35.5. The molecule has 8 heteroatoms. The Hall–Kier alpha value is -2.51. The SMILES string of the molecule is Cc1cc2c3c(c1)[C@H]1C=CC[C@@H]1CN3[C@@H](C(=O)O)[C@@H]1C[C@H](Sc3ccccc3[N+](=O)[O-])[C@H](Cl)[C@@H]21. The summed E-state index contributed by atoms with van der Waals surface area (Å²) in [6.07, 6.45) is 6.08. The van der Waals surface area contributed by atoms with Crippen LogP contribution in [0.15, 0.2) is 53.4 Å². The van der Waals surface area contributed by atoms with E-state index < -0.39 is 12.0 Å². The molecule has 4 aliphatic rings. The van der Waals surface area contributed by atoms with Gasteiger partial charge in [0.25, 0.3) is 5.69 Å². The fraction of sp³-hybridized carbons (Fsp3) is 0.423. The number of aryl methyl sites for hydroxylation is 1. The van der Waals surface area contributed by atoms with Crippen molar-refractivity contribution >= 4 is 40.7 Å². The van der Waals surface area contributed by atoms with Gasteiger partial charge in [-0.15, -0.1) is 23.4 Å². The van der Waals surface area contributed by atoms with Crippen LogP contribution in [0.3, 0.4) is 0 Å². The molecule has 0 aromatic heterocycles. The highest BCUT2D eigenvalue weighted by Crippen LogP contribution is 2.60. The fourth-order valence-electron chi connectivity index (χ4n) is 6.79. The number of alkyl halides is 1. The van der Waals surface area contributed by atoms with Gasteiger partial charge in [-0.25, -0.2) is 4.79 Å². The lowest BCUT2D eigenvalue weighted by Crippen LogP contribution is -2.55. The number of fused-ring (bicyclic) bond motifs is 4. The molecule has 0 bridgehead atoms. The first-order valence-electron chi connectivity index (χ1n) is 11.7. The molecule has 6 rings (SSSR count). The van der Waals surface area contributed by atoms with Crippen molar-refractivity contribution in [3.05, 3.63) is 75.4 Å². The molecule has 2 aliphatic carbocycles. The van der Waals surface area contributed by atoms with Crippen LogP contribution in [0.25, 0.3) is 0 Å². The molecule has 0 spiro atoms. The molecular formula is C26H25ClN2O4S. The van der Waals surface area contributed by atoms with Gasteiger partial charge in [0.2, 0.25) is 0 Å². The second-order valence-corrected chi connectivity index (χ2v) is 11.7. The lowest BCUT2D eigenvalue weighted by Gasteiger charge is -2.50. The largest absolute Gasteiger partial charge is 0.480 e. The molecular weight excluding hydrogens is 472 g/mol. The van der Waals surface area contributed by atoms with E-state index in [9.17, 15) is 20.0 Å². The molecule has 2 aromatic rings. The van der Waals surface area contributed by atoms with Gasteiger partial charge in [-0.2, -0.15) is 0 Å². The quantitative estimate of drug-likeness (QED) is 0.252. The summed E-state index contributed by atoms with van der Waals surface area (Å²) in [6.45, 7) is 2.83. The predicted molar refractivity (Wildman–Crippen MR) is 133 cm³/mol. The average molecular weight is 497 g/mol. The van der Waals surface area contributed by atoms with Gasteiger partial charge in [0, 0.05) is 35.4 Å². The van der Waals surface area contributed by atoms with E-state index >= 15 is 0 Å². The Balaban J connectivity index is 1.45. The van der Waals surface area contributed by atoms with Gasteiger partial charge in [0.1, 0.15) is 6.04 Å². The van der Waals surface area contributed by atoms with E-state index in [1.807, 2.05) is 0 Å². The van der Waals surface area contributed by atoms with Crippen molar-refractivity contribution in [1.82, 2.24) is 0 Å². The monoisotopic (exact) mass is 496 g/mol. The zero-order valence-electron chi connectivity index (χ0n) is 18.6. The lowest BCUT2D eigenvalue weighted by molar-refractivity contribution is -0.387. The normalized spacial score (nSPS) is 32.8. The number of thioether (sulfide) groups is 1. The van der Waals surface area contributed by atoms with E-state index in [1.54, 1.807) is 18.2 Å². The van der Waals surface area contributed by atoms with Gasteiger partial charge in [-0.3, -0.25) is 10.1 Å². The van der Waals surface area contributed by atoms with Crippen LogP contribution in [0.4, 0.5) is 11.4 Å². The number of aliphatic carboxylic acids is 1. The number of carbonyl (C=O) groups is 1. The number of para-hydroxylation sites is 1. The third-order valence-corrected chi connectivity index (χ3v) is 10.2. The van der Waals surface area contributed by atoms with E-state index in [1.165, 1.54) is 29.0 Å². The number of rotatable bonds is 4. The number of nitro groups is 1. The summed E-state index contributed by atoms with van der Waals surface area (Å²) in [5.41, 5.74) is 4.68. The summed E-state index contributed by atoms with van der Waals surface area (Å²) in [4.78, 5) is 26.6. The van der Waals surface area contributed by atoms with Crippen LogP contribution in [0.5, 0.6) is 0 Å². The maximum atomic E-state index is 12.7. The highest BCUT2D eigenvalue weighted by molar-refractivity contribution is 8.00. The minimum Gasteiger partial charge on any atom is -0.480 e. The average Bonchev–Trinajstić information content (AvgIpc) is 3.38. The number of nitro benzene ring substituents is 1. The van der Waals surface area contributed by atoms with Gasteiger partial charge in [-0.1, -0.05) is 42.0 Å². The number of carboxylic acids is 1. The van der Waals surface area contributed by atoms with Gasteiger partial charge < -0.3 is 10.0 Å². The zero-order chi connectivity index (χ0) is 23.7. The Bertz CT molecular complexity index is 1230. The maximum absolute atomic E-state index is 12.7. The molecule has 0 amide bonds. The van der Waals surface area contributed by atoms with Crippen molar-refractivity contribution in [2.24, 2.45) is 11.8 Å². The zero-order valence-corrected chi connectivity index (χ0v) is 20.2. The predicted octanol–water partition coefficient (Wildman–Crippen LogP) is 5.72. The minimum atomic E-state index is -0.809. The van der Waals surface area contributed by atoms with Gasteiger partial charge >= 0.3 is 5.97 Å². The molecule has 2 aliphatic heterocycles. The van der Waals surface area contributed by atoms with Crippen molar-refractivity contribution in [2.75, 3.05) is 11.4 Å².